The molecule has 1 aliphatic carbocycles. The predicted octanol–water partition coefficient (Wildman–Crippen LogP) is 0.835. The molecular formula is C19H20N4O5S. The molecule has 10 heteroatoms. The van der Waals surface area contributed by atoms with Crippen LogP contribution in [0.25, 0.3) is 0 Å². The van der Waals surface area contributed by atoms with Crippen LogP contribution >= 0.6 is 0 Å². The Morgan fingerprint density at radius 2 is 1.48 bits per heavy atom. The van der Waals surface area contributed by atoms with Crippen molar-refractivity contribution in [3.63, 3.8) is 0 Å². The number of nitrogens with one attached hydrogen (secondary N) is 4. The lowest BCUT2D eigenvalue weighted by Crippen LogP contribution is -2.48. The molecule has 0 saturated heterocycles. The van der Waals surface area contributed by atoms with E-state index in [0.29, 0.717) is 5.69 Å². The van der Waals surface area contributed by atoms with Crippen molar-refractivity contribution in [2.24, 2.45) is 0 Å². The van der Waals surface area contributed by atoms with E-state index in [1.54, 1.807) is 24.3 Å². The first-order chi connectivity index (χ1) is 13.7. The van der Waals surface area contributed by atoms with E-state index in [-0.39, 0.29) is 16.5 Å². The number of rotatable bonds is 5. The van der Waals surface area contributed by atoms with E-state index in [1.807, 2.05) is 12.3 Å². The van der Waals surface area contributed by atoms with Gasteiger partial charge in [-0.25, -0.2) is 8.42 Å². The van der Waals surface area contributed by atoms with Crippen molar-refractivity contribution in [1.82, 2.24) is 16.2 Å². The van der Waals surface area contributed by atoms with E-state index < -0.39 is 27.7 Å². The van der Waals surface area contributed by atoms with Crippen LogP contribution in [0, 0.1) is 6.92 Å². The quantitative estimate of drug-likeness (QED) is 0.423. The third kappa shape index (κ3) is 5.55. The van der Waals surface area contributed by atoms with Crippen molar-refractivity contribution in [3.05, 3.63) is 59.7 Å². The van der Waals surface area contributed by atoms with E-state index in [2.05, 4.69) is 15.5 Å². The Kier molecular flexibility index (Phi) is 5.83. The van der Waals surface area contributed by atoms with E-state index >= 15 is 0 Å². The van der Waals surface area contributed by atoms with Gasteiger partial charge in [0, 0.05) is 17.3 Å². The molecule has 1 fully saturated rings. The minimum absolute atomic E-state index is 0.0203. The molecule has 3 rings (SSSR count). The number of benzene rings is 2. The van der Waals surface area contributed by atoms with E-state index in [1.165, 1.54) is 24.3 Å². The van der Waals surface area contributed by atoms with Crippen LogP contribution in [-0.4, -0.2) is 32.2 Å². The predicted molar refractivity (Wildman–Crippen MR) is 105 cm³/mol. The minimum Gasteiger partial charge on any atom is -0.345 e. The highest BCUT2D eigenvalue weighted by atomic mass is 32.2. The van der Waals surface area contributed by atoms with Crippen LogP contribution in [0.15, 0.2) is 53.4 Å². The molecule has 4 N–H and O–H groups in total. The van der Waals surface area contributed by atoms with Crippen LogP contribution in [0.4, 0.5) is 5.69 Å². The molecule has 0 radical (unpaired) electrons. The molecule has 152 valence electrons. The fraction of sp³-hybridized carbons (Fsp3) is 0.211. The van der Waals surface area contributed by atoms with Gasteiger partial charge in [-0.2, -0.15) is 0 Å². The van der Waals surface area contributed by atoms with Crippen molar-refractivity contribution in [3.8, 4) is 0 Å². The summed E-state index contributed by atoms with van der Waals surface area (Å²) in [5, 5.41) is 2.49. The van der Waals surface area contributed by atoms with Crippen molar-refractivity contribution in [2.45, 2.75) is 30.7 Å². The van der Waals surface area contributed by atoms with Gasteiger partial charge in [-0.05, 0) is 56.2 Å². The summed E-state index contributed by atoms with van der Waals surface area (Å²) < 4.78 is 27.3. The molecule has 3 amide bonds. The number of sulfonamides is 1. The van der Waals surface area contributed by atoms with Crippen molar-refractivity contribution < 1.29 is 22.8 Å². The lowest BCUT2D eigenvalue weighted by Gasteiger charge is -2.10. The Morgan fingerprint density at radius 3 is 2.07 bits per heavy atom. The average Bonchev–Trinajstić information content (AvgIpc) is 3.51. The van der Waals surface area contributed by atoms with Crippen molar-refractivity contribution in [2.75, 3.05) is 4.72 Å². The standard InChI is InChI=1S/C19H20N4O5S/c1-12-2-6-15(7-3-12)23-29(27,28)16-10-4-13(5-11-16)17(24)21-22-19(26)18(25)20-14-8-9-14/h2-7,10-11,14,23H,8-9H2,1H3,(H,20,25)(H,21,24)(H,22,26). The third-order valence-electron chi connectivity index (χ3n) is 4.14. The minimum atomic E-state index is -3.82. The van der Waals surface area contributed by atoms with E-state index in [9.17, 15) is 22.8 Å². The summed E-state index contributed by atoms with van der Waals surface area (Å²) in [6, 6.07) is 12.0. The van der Waals surface area contributed by atoms with Gasteiger partial charge in [0.25, 0.3) is 15.9 Å². The molecule has 0 atom stereocenters. The van der Waals surface area contributed by atoms with E-state index in [0.717, 1.165) is 18.4 Å². The molecule has 0 aliphatic heterocycles. The summed E-state index contributed by atoms with van der Waals surface area (Å²) in [5.41, 5.74) is 5.66. The molecular weight excluding hydrogens is 396 g/mol. The Morgan fingerprint density at radius 1 is 0.862 bits per heavy atom. The number of hydrogen-bond acceptors (Lipinski definition) is 5. The van der Waals surface area contributed by atoms with Crippen LogP contribution in [0.5, 0.6) is 0 Å². The molecule has 9 nitrogen and oxygen atoms in total. The third-order valence-corrected chi connectivity index (χ3v) is 5.54. The van der Waals surface area contributed by atoms with Crippen LogP contribution in [0.3, 0.4) is 0 Å². The fourth-order valence-electron chi connectivity index (χ4n) is 2.34. The second kappa shape index (κ2) is 8.31. The Balaban J connectivity index is 1.58. The molecule has 1 aliphatic rings. The second-order valence-electron chi connectivity index (χ2n) is 6.65. The molecule has 0 aromatic heterocycles. The summed E-state index contributed by atoms with van der Waals surface area (Å²) >= 11 is 0. The summed E-state index contributed by atoms with van der Waals surface area (Å²) in [4.78, 5) is 35.2. The Hall–Kier alpha value is -3.40. The first kappa shape index (κ1) is 20.3. The monoisotopic (exact) mass is 416 g/mol. The highest BCUT2D eigenvalue weighted by Gasteiger charge is 2.26. The van der Waals surface area contributed by atoms with Crippen LogP contribution in [0.1, 0.15) is 28.8 Å². The summed E-state index contributed by atoms with van der Waals surface area (Å²) in [7, 11) is -3.82. The molecule has 2 aromatic rings. The van der Waals surface area contributed by atoms with Gasteiger partial charge in [0.05, 0.1) is 4.90 Å². The van der Waals surface area contributed by atoms with Crippen LogP contribution < -0.4 is 20.9 Å². The molecule has 0 bridgehead atoms. The molecule has 0 unspecified atom stereocenters. The van der Waals surface area contributed by atoms with Gasteiger partial charge in [-0.1, -0.05) is 17.7 Å². The highest BCUT2D eigenvalue weighted by Crippen LogP contribution is 2.18. The summed E-state index contributed by atoms with van der Waals surface area (Å²) in [6.45, 7) is 1.89. The maximum absolute atomic E-state index is 12.4. The second-order valence-corrected chi connectivity index (χ2v) is 8.33. The van der Waals surface area contributed by atoms with Crippen molar-refractivity contribution in [1.29, 1.82) is 0 Å². The average molecular weight is 416 g/mol. The highest BCUT2D eigenvalue weighted by molar-refractivity contribution is 7.92. The van der Waals surface area contributed by atoms with Gasteiger partial charge >= 0.3 is 11.8 Å². The number of carbonyl (C=O) groups is 3. The number of aryl methyl sites for hydroxylation is 1. The van der Waals surface area contributed by atoms with Gasteiger partial charge in [-0.3, -0.25) is 30.0 Å². The Labute approximate surface area is 167 Å². The topological polar surface area (TPSA) is 133 Å². The van der Waals surface area contributed by atoms with E-state index in [4.69, 9.17) is 0 Å². The lowest BCUT2D eigenvalue weighted by molar-refractivity contribution is -0.139. The molecule has 0 spiro atoms. The maximum Gasteiger partial charge on any atom is 0.327 e. The molecule has 2 aromatic carbocycles. The summed E-state index contributed by atoms with van der Waals surface area (Å²) in [5.74, 6) is -2.49. The largest absolute Gasteiger partial charge is 0.345 e. The zero-order valence-electron chi connectivity index (χ0n) is 15.6. The normalized spacial score (nSPS) is 13.3. The van der Waals surface area contributed by atoms with Gasteiger partial charge in [0.15, 0.2) is 0 Å². The number of hydrogen-bond donors (Lipinski definition) is 4. The lowest BCUT2D eigenvalue weighted by atomic mass is 10.2. The molecule has 29 heavy (non-hydrogen) atoms. The number of amides is 3. The zero-order chi connectivity index (χ0) is 21.0. The van der Waals surface area contributed by atoms with Crippen LogP contribution in [-0.2, 0) is 19.6 Å². The van der Waals surface area contributed by atoms with Crippen molar-refractivity contribution >= 4 is 33.4 Å². The van der Waals surface area contributed by atoms with Gasteiger partial charge < -0.3 is 5.32 Å². The first-order valence-corrected chi connectivity index (χ1v) is 10.3. The summed E-state index contributed by atoms with van der Waals surface area (Å²) in [6.07, 6.45) is 1.67. The number of hydrazine groups is 1. The number of carbonyl (C=O) groups excluding carboxylic acids is 3. The van der Waals surface area contributed by atoms with Gasteiger partial charge in [0.1, 0.15) is 0 Å². The SMILES string of the molecule is Cc1ccc(NS(=O)(=O)c2ccc(C(=O)NNC(=O)C(=O)NC3CC3)cc2)cc1. The maximum atomic E-state index is 12.4. The molecule has 0 heterocycles. The van der Waals surface area contributed by atoms with Gasteiger partial charge in [0.2, 0.25) is 0 Å². The number of anilines is 1. The molecule has 1 saturated carbocycles. The fourth-order valence-corrected chi connectivity index (χ4v) is 3.40. The van der Waals surface area contributed by atoms with Gasteiger partial charge in [-0.15, -0.1) is 0 Å². The zero-order valence-corrected chi connectivity index (χ0v) is 16.4. The van der Waals surface area contributed by atoms with Crippen LogP contribution in [0.2, 0.25) is 0 Å². The first-order valence-electron chi connectivity index (χ1n) is 8.85. The smallest absolute Gasteiger partial charge is 0.327 e. The Bertz CT molecular complexity index is 1030.